The van der Waals surface area contributed by atoms with Gasteiger partial charge in [0.05, 0.1) is 17.8 Å². The van der Waals surface area contributed by atoms with E-state index in [-0.39, 0.29) is 23.3 Å². The Morgan fingerprint density at radius 3 is 2.24 bits per heavy atom. The van der Waals surface area contributed by atoms with E-state index in [0.29, 0.717) is 31.2 Å². The van der Waals surface area contributed by atoms with Crippen LogP contribution in [-0.2, 0) is 21.9 Å². The van der Waals surface area contributed by atoms with Crippen LogP contribution in [0.2, 0.25) is 0 Å². The Hall–Kier alpha value is -3.07. The molecule has 0 saturated carbocycles. The number of hydrogen-bond donors (Lipinski definition) is 1. The molecular weight excluding hydrogens is 454 g/mol. The molecule has 34 heavy (non-hydrogen) atoms. The first-order valence-corrected chi connectivity index (χ1v) is 12.4. The molecule has 8 nitrogen and oxygen atoms in total. The van der Waals surface area contributed by atoms with Gasteiger partial charge in [0.1, 0.15) is 11.8 Å². The fourth-order valence-electron chi connectivity index (χ4n) is 3.32. The number of carbonyl (C=O) groups excluding carboxylic acids is 2. The highest BCUT2D eigenvalue weighted by atomic mass is 32.2. The molecule has 2 aromatic rings. The molecule has 0 bridgehead atoms. The van der Waals surface area contributed by atoms with Crippen molar-refractivity contribution in [1.82, 2.24) is 10.2 Å². The van der Waals surface area contributed by atoms with Gasteiger partial charge in [-0.15, -0.1) is 11.8 Å². The largest absolute Gasteiger partial charge is 0.497 e. The molecule has 2 aromatic carbocycles. The van der Waals surface area contributed by atoms with Crippen molar-refractivity contribution in [2.24, 2.45) is 5.92 Å². The lowest BCUT2D eigenvalue weighted by atomic mass is 10.1. The fourth-order valence-corrected chi connectivity index (χ4v) is 4.19. The number of benzene rings is 2. The third kappa shape index (κ3) is 8.37. The van der Waals surface area contributed by atoms with Crippen molar-refractivity contribution in [2.45, 2.75) is 45.5 Å². The molecule has 0 aliphatic heterocycles. The van der Waals surface area contributed by atoms with Gasteiger partial charge in [0.25, 0.3) is 5.69 Å². The molecule has 1 atom stereocenters. The highest BCUT2D eigenvalue weighted by Crippen LogP contribution is 2.20. The molecule has 0 unspecified atom stereocenters. The molecule has 0 saturated heterocycles. The number of amides is 2. The lowest BCUT2D eigenvalue weighted by molar-refractivity contribution is -0.384. The molecule has 0 heterocycles. The summed E-state index contributed by atoms with van der Waals surface area (Å²) < 4.78 is 5.21. The molecule has 0 aromatic heterocycles. The van der Waals surface area contributed by atoms with Crippen molar-refractivity contribution in [3.63, 3.8) is 0 Å². The zero-order valence-electron chi connectivity index (χ0n) is 20.2. The van der Waals surface area contributed by atoms with Crippen molar-refractivity contribution in [1.29, 1.82) is 0 Å². The summed E-state index contributed by atoms with van der Waals surface area (Å²) >= 11 is 1.42. The smallest absolute Gasteiger partial charge is 0.269 e. The maximum absolute atomic E-state index is 13.3. The predicted octanol–water partition coefficient (Wildman–Crippen LogP) is 4.42. The van der Waals surface area contributed by atoms with Gasteiger partial charge >= 0.3 is 0 Å². The number of nitrogens with zero attached hydrogens (tertiary/aromatic N) is 2. The van der Waals surface area contributed by atoms with Crippen LogP contribution in [0.3, 0.4) is 0 Å². The number of methoxy groups -OCH3 is 1. The number of non-ortho nitro benzene ring substituents is 1. The van der Waals surface area contributed by atoms with E-state index in [2.05, 4.69) is 5.32 Å². The van der Waals surface area contributed by atoms with E-state index in [0.717, 1.165) is 16.9 Å². The molecule has 0 radical (unpaired) electrons. The summed E-state index contributed by atoms with van der Waals surface area (Å²) in [6.45, 7) is 6.81. The maximum Gasteiger partial charge on any atom is 0.269 e. The zero-order chi connectivity index (χ0) is 25.1. The van der Waals surface area contributed by atoms with E-state index in [1.54, 1.807) is 24.1 Å². The van der Waals surface area contributed by atoms with Crippen molar-refractivity contribution in [3.05, 3.63) is 69.8 Å². The van der Waals surface area contributed by atoms with Crippen LogP contribution in [0.15, 0.2) is 48.5 Å². The highest BCUT2D eigenvalue weighted by molar-refractivity contribution is 7.99. The standard InChI is InChI=1S/C25H33N3O5S/c1-5-23(25(30)26-14-18(2)3)27(15-19-8-12-22(33-4)13-9-19)24(29)17-34-16-20-6-10-21(11-7-20)28(31)32/h6-13,18,23H,5,14-17H2,1-4H3,(H,26,30)/t23-/m1/s1. The molecule has 1 N–H and O–H groups in total. The van der Waals surface area contributed by atoms with E-state index in [9.17, 15) is 19.7 Å². The van der Waals surface area contributed by atoms with E-state index in [1.165, 1.54) is 23.9 Å². The lowest BCUT2D eigenvalue weighted by Crippen LogP contribution is -2.50. The molecule has 0 aliphatic carbocycles. The van der Waals surface area contributed by atoms with Gasteiger partial charge < -0.3 is 15.0 Å². The van der Waals surface area contributed by atoms with Crippen molar-refractivity contribution in [3.8, 4) is 5.75 Å². The van der Waals surface area contributed by atoms with Crippen LogP contribution in [0.1, 0.15) is 38.3 Å². The van der Waals surface area contributed by atoms with Crippen LogP contribution in [0.25, 0.3) is 0 Å². The minimum atomic E-state index is -0.576. The first-order chi connectivity index (χ1) is 16.2. The number of nitrogens with one attached hydrogen (secondary N) is 1. The van der Waals surface area contributed by atoms with E-state index >= 15 is 0 Å². The van der Waals surface area contributed by atoms with Crippen LogP contribution in [0.4, 0.5) is 5.69 Å². The van der Waals surface area contributed by atoms with E-state index in [1.807, 2.05) is 45.0 Å². The van der Waals surface area contributed by atoms with Gasteiger partial charge in [0.2, 0.25) is 11.8 Å². The quantitative estimate of drug-likeness (QED) is 0.332. The molecular formula is C25H33N3O5S. The Balaban J connectivity index is 2.11. The molecule has 0 spiro atoms. The van der Waals surface area contributed by atoms with Crippen molar-refractivity contribution >= 4 is 29.3 Å². The van der Waals surface area contributed by atoms with Gasteiger partial charge in [0, 0.05) is 31.0 Å². The first-order valence-electron chi connectivity index (χ1n) is 11.3. The summed E-state index contributed by atoms with van der Waals surface area (Å²) in [7, 11) is 1.60. The minimum absolute atomic E-state index is 0.0358. The normalized spacial score (nSPS) is 11.7. The Kier molecular flexibility index (Phi) is 10.9. The minimum Gasteiger partial charge on any atom is -0.497 e. The van der Waals surface area contributed by atoms with Gasteiger partial charge in [0.15, 0.2) is 0 Å². The van der Waals surface area contributed by atoms with Gasteiger partial charge in [-0.1, -0.05) is 45.0 Å². The SMILES string of the molecule is CC[C@H](C(=O)NCC(C)C)N(Cc1ccc(OC)cc1)C(=O)CSCc1ccc([N+](=O)[O-])cc1. The Morgan fingerprint density at radius 1 is 1.09 bits per heavy atom. The number of carbonyl (C=O) groups is 2. The molecule has 9 heteroatoms. The maximum atomic E-state index is 13.3. The van der Waals surface area contributed by atoms with Crippen LogP contribution in [-0.4, -0.2) is 47.1 Å². The monoisotopic (exact) mass is 487 g/mol. The number of ether oxygens (including phenoxy) is 1. The van der Waals surface area contributed by atoms with Crippen LogP contribution < -0.4 is 10.1 Å². The number of thioether (sulfide) groups is 1. The molecule has 0 aliphatic rings. The number of nitro benzene ring substituents is 1. The molecule has 2 rings (SSSR count). The molecule has 0 fully saturated rings. The van der Waals surface area contributed by atoms with Crippen LogP contribution >= 0.6 is 11.8 Å². The van der Waals surface area contributed by atoms with Crippen LogP contribution in [0.5, 0.6) is 5.75 Å². The van der Waals surface area contributed by atoms with Gasteiger partial charge in [-0.2, -0.15) is 0 Å². The van der Waals surface area contributed by atoms with E-state index < -0.39 is 11.0 Å². The summed E-state index contributed by atoms with van der Waals surface area (Å²) in [5, 5.41) is 13.8. The second kappa shape index (κ2) is 13.6. The molecule has 184 valence electrons. The lowest BCUT2D eigenvalue weighted by Gasteiger charge is -2.31. The number of rotatable bonds is 13. The fraction of sp³-hybridized carbons (Fsp3) is 0.440. The zero-order valence-corrected chi connectivity index (χ0v) is 21.0. The Bertz CT molecular complexity index is 948. The predicted molar refractivity (Wildman–Crippen MR) is 135 cm³/mol. The van der Waals surface area contributed by atoms with Gasteiger partial charge in [-0.3, -0.25) is 19.7 Å². The summed E-state index contributed by atoms with van der Waals surface area (Å²) in [6, 6.07) is 13.2. The first kappa shape index (κ1) is 27.2. The summed E-state index contributed by atoms with van der Waals surface area (Å²) in [5.74, 6) is 1.48. The van der Waals surface area contributed by atoms with E-state index in [4.69, 9.17) is 4.74 Å². The summed E-state index contributed by atoms with van der Waals surface area (Å²) in [5.41, 5.74) is 1.84. The van der Waals surface area contributed by atoms with Crippen LogP contribution in [0, 0.1) is 16.0 Å². The van der Waals surface area contributed by atoms with Crippen molar-refractivity contribution < 1.29 is 19.2 Å². The van der Waals surface area contributed by atoms with Crippen molar-refractivity contribution in [2.75, 3.05) is 19.4 Å². The average Bonchev–Trinajstić information content (AvgIpc) is 2.83. The number of hydrogen-bond acceptors (Lipinski definition) is 6. The Labute approximate surface area is 205 Å². The summed E-state index contributed by atoms with van der Waals surface area (Å²) in [6.07, 6.45) is 0.499. The third-order valence-corrected chi connectivity index (χ3v) is 6.21. The second-order valence-corrected chi connectivity index (χ2v) is 9.33. The topological polar surface area (TPSA) is 102 Å². The summed E-state index contributed by atoms with van der Waals surface area (Å²) in [4.78, 5) is 38.2. The average molecular weight is 488 g/mol. The Morgan fingerprint density at radius 2 is 1.71 bits per heavy atom. The second-order valence-electron chi connectivity index (χ2n) is 8.35. The highest BCUT2D eigenvalue weighted by Gasteiger charge is 2.28. The van der Waals surface area contributed by atoms with Gasteiger partial charge in [-0.05, 0) is 35.6 Å². The van der Waals surface area contributed by atoms with Gasteiger partial charge in [-0.25, -0.2) is 0 Å². The molecule has 2 amide bonds. The number of nitro groups is 1. The third-order valence-electron chi connectivity index (χ3n) is 5.22.